The summed E-state index contributed by atoms with van der Waals surface area (Å²) in [4.78, 5) is 23.9. The minimum absolute atomic E-state index is 0.338. The van der Waals surface area contributed by atoms with Crippen molar-refractivity contribution in [1.29, 1.82) is 0 Å². The summed E-state index contributed by atoms with van der Waals surface area (Å²) in [7, 11) is 3.07. The van der Waals surface area contributed by atoms with E-state index in [4.69, 9.17) is 9.47 Å². The highest BCUT2D eigenvalue weighted by molar-refractivity contribution is 9.10. The van der Waals surface area contributed by atoms with Gasteiger partial charge in [0.2, 0.25) is 11.8 Å². The van der Waals surface area contributed by atoms with Crippen molar-refractivity contribution in [2.45, 2.75) is 13.3 Å². The number of rotatable bonds is 7. The Labute approximate surface area is 165 Å². The Balaban J connectivity index is 1.94. The van der Waals surface area contributed by atoms with Gasteiger partial charge in [-0.15, -0.1) is 0 Å². The molecule has 0 aliphatic carbocycles. The van der Waals surface area contributed by atoms with E-state index < -0.39 is 11.8 Å². The number of carbonyl (C=O) groups is 2. The van der Waals surface area contributed by atoms with E-state index in [-0.39, 0.29) is 6.42 Å². The Morgan fingerprint density at radius 2 is 1.81 bits per heavy atom. The van der Waals surface area contributed by atoms with Gasteiger partial charge in [0, 0.05) is 17.3 Å². The van der Waals surface area contributed by atoms with Gasteiger partial charge in [0.25, 0.3) is 0 Å². The van der Waals surface area contributed by atoms with Crippen LogP contribution in [-0.4, -0.2) is 32.2 Å². The summed E-state index contributed by atoms with van der Waals surface area (Å²) < 4.78 is 11.2. The van der Waals surface area contributed by atoms with Crippen LogP contribution in [0.15, 0.2) is 46.0 Å². The van der Waals surface area contributed by atoms with Crippen LogP contribution in [0.5, 0.6) is 11.5 Å². The van der Waals surface area contributed by atoms with Crippen molar-refractivity contribution in [1.82, 2.24) is 5.43 Å². The lowest BCUT2D eigenvalue weighted by Gasteiger charge is -2.09. The van der Waals surface area contributed by atoms with Crippen LogP contribution in [0.2, 0.25) is 0 Å². The molecule has 0 aliphatic heterocycles. The third-order valence-corrected chi connectivity index (χ3v) is 4.26. The molecule has 0 aliphatic rings. The fourth-order valence-electron chi connectivity index (χ4n) is 2.25. The Kier molecular flexibility index (Phi) is 7.36. The van der Waals surface area contributed by atoms with Crippen molar-refractivity contribution < 1.29 is 19.1 Å². The summed E-state index contributed by atoms with van der Waals surface area (Å²) in [5, 5.41) is 6.57. The molecular weight excluding hydrogens is 414 g/mol. The molecule has 2 aromatic rings. The highest BCUT2D eigenvalue weighted by Crippen LogP contribution is 2.31. The zero-order valence-corrected chi connectivity index (χ0v) is 16.8. The van der Waals surface area contributed by atoms with Crippen molar-refractivity contribution in [3.8, 4) is 11.5 Å². The molecule has 0 heterocycles. The number of amides is 2. The molecule has 0 spiro atoms. The molecule has 0 fully saturated rings. The van der Waals surface area contributed by atoms with Crippen LogP contribution >= 0.6 is 15.9 Å². The van der Waals surface area contributed by atoms with Gasteiger partial charge < -0.3 is 14.8 Å². The Morgan fingerprint density at radius 1 is 1.11 bits per heavy atom. The number of para-hydroxylation sites is 1. The number of carbonyl (C=O) groups excluding carboxylic acids is 2. The molecule has 0 saturated heterocycles. The predicted molar refractivity (Wildman–Crippen MR) is 107 cm³/mol. The normalized spacial score (nSPS) is 10.5. The topological polar surface area (TPSA) is 89.0 Å². The van der Waals surface area contributed by atoms with Crippen molar-refractivity contribution in [2.24, 2.45) is 5.10 Å². The molecule has 2 aromatic carbocycles. The Morgan fingerprint density at radius 3 is 2.48 bits per heavy atom. The molecule has 2 N–H and O–H groups in total. The summed E-state index contributed by atoms with van der Waals surface area (Å²) >= 11 is 3.38. The largest absolute Gasteiger partial charge is 0.496 e. The van der Waals surface area contributed by atoms with Crippen molar-refractivity contribution in [3.63, 3.8) is 0 Å². The maximum absolute atomic E-state index is 12.0. The van der Waals surface area contributed by atoms with E-state index in [0.29, 0.717) is 22.7 Å². The Bertz CT molecular complexity index is 868. The van der Waals surface area contributed by atoms with Gasteiger partial charge in [0.05, 0.1) is 24.9 Å². The van der Waals surface area contributed by atoms with Gasteiger partial charge in [-0.2, -0.15) is 5.10 Å². The van der Waals surface area contributed by atoms with Crippen LogP contribution in [-0.2, 0) is 9.59 Å². The van der Waals surface area contributed by atoms with Crippen molar-refractivity contribution in [3.05, 3.63) is 52.0 Å². The van der Waals surface area contributed by atoms with Gasteiger partial charge >= 0.3 is 0 Å². The molecule has 0 bridgehead atoms. The molecule has 8 heteroatoms. The third-order valence-electron chi connectivity index (χ3n) is 3.64. The van der Waals surface area contributed by atoms with Crippen LogP contribution in [0.25, 0.3) is 0 Å². The maximum atomic E-state index is 12.0. The average molecular weight is 434 g/mol. The molecule has 2 amide bonds. The number of halogens is 1. The third kappa shape index (κ3) is 5.82. The van der Waals surface area contributed by atoms with Gasteiger partial charge in [0.1, 0.15) is 17.9 Å². The molecule has 142 valence electrons. The summed E-state index contributed by atoms with van der Waals surface area (Å²) in [5.41, 5.74) is 4.55. The standard InChI is InChI=1S/C19H20BrN3O4/c1-12-6-4-5-7-15(12)22-18(24)10-19(25)23-21-11-13-8-14(20)17(27-3)9-16(13)26-2/h4-9,11H,10H2,1-3H3,(H,22,24)(H,23,25). The van der Waals surface area contributed by atoms with E-state index in [0.717, 1.165) is 10.0 Å². The monoisotopic (exact) mass is 433 g/mol. The summed E-state index contributed by atoms with van der Waals surface area (Å²) in [6, 6.07) is 10.8. The number of methoxy groups -OCH3 is 2. The summed E-state index contributed by atoms with van der Waals surface area (Å²) in [5.74, 6) is 0.205. The smallest absolute Gasteiger partial charge is 0.249 e. The van der Waals surface area contributed by atoms with Crippen LogP contribution in [0.4, 0.5) is 5.69 Å². The van der Waals surface area contributed by atoms with Crippen LogP contribution in [0.1, 0.15) is 17.5 Å². The first-order valence-corrected chi connectivity index (χ1v) is 8.82. The lowest BCUT2D eigenvalue weighted by atomic mass is 10.2. The molecule has 0 aromatic heterocycles. The molecule has 7 nitrogen and oxygen atoms in total. The second kappa shape index (κ2) is 9.72. The second-order valence-corrected chi connectivity index (χ2v) is 6.42. The first-order chi connectivity index (χ1) is 12.9. The predicted octanol–water partition coefficient (Wildman–Crippen LogP) is 3.25. The molecular formula is C19H20BrN3O4. The van der Waals surface area contributed by atoms with Crippen LogP contribution in [0, 0.1) is 6.92 Å². The van der Waals surface area contributed by atoms with Gasteiger partial charge in [0.15, 0.2) is 0 Å². The average Bonchev–Trinajstić information content (AvgIpc) is 2.63. The molecule has 0 atom stereocenters. The second-order valence-electron chi connectivity index (χ2n) is 5.56. The first-order valence-electron chi connectivity index (χ1n) is 8.03. The van der Waals surface area contributed by atoms with Crippen LogP contribution in [0.3, 0.4) is 0 Å². The number of hydrogen-bond donors (Lipinski definition) is 2. The van der Waals surface area contributed by atoms with E-state index in [1.54, 1.807) is 25.3 Å². The van der Waals surface area contributed by atoms with Gasteiger partial charge in [-0.25, -0.2) is 5.43 Å². The Hall–Kier alpha value is -2.87. The number of ether oxygens (including phenoxy) is 2. The van der Waals surface area contributed by atoms with Gasteiger partial charge in [-0.3, -0.25) is 9.59 Å². The van der Waals surface area contributed by atoms with E-state index >= 15 is 0 Å². The zero-order chi connectivity index (χ0) is 19.8. The summed E-state index contributed by atoms with van der Waals surface area (Å²) in [6.07, 6.45) is 1.09. The number of aryl methyl sites for hydroxylation is 1. The molecule has 0 radical (unpaired) electrons. The first kappa shape index (κ1) is 20.4. The van der Waals surface area contributed by atoms with Crippen molar-refractivity contribution >= 4 is 39.6 Å². The quantitative estimate of drug-likeness (QED) is 0.398. The lowest BCUT2D eigenvalue weighted by Crippen LogP contribution is -2.24. The van der Waals surface area contributed by atoms with Crippen molar-refractivity contribution in [2.75, 3.05) is 19.5 Å². The molecule has 0 unspecified atom stereocenters. The molecule has 2 rings (SSSR count). The van der Waals surface area contributed by atoms with E-state index in [9.17, 15) is 9.59 Å². The fraction of sp³-hybridized carbons (Fsp3) is 0.211. The zero-order valence-electron chi connectivity index (χ0n) is 15.2. The number of hydrazone groups is 1. The number of hydrogen-bond acceptors (Lipinski definition) is 5. The van der Waals surface area contributed by atoms with E-state index in [1.807, 2.05) is 25.1 Å². The van der Waals surface area contributed by atoms with E-state index in [2.05, 4.69) is 31.8 Å². The minimum Gasteiger partial charge on any atom is -0.496 e. The minimum atomic E-state index is -0.524. The molecule has 0 saturated carbocycles. The number of benzene rings is 2. The van der Waals surface area contributed by atoms with Gasteiger partial charge in [-0.05, 0) is 40.5 Å². The number of nitrogens with zero attached hydrogens (tertiary/aromatic N) is 1. The van der Waals surface area contributed by atoms with Crippen LogP contribution < -0.4 is 20.2 Å². The molecule has 27 heavy (non-hydrogen) atoms. The lowest BCUT2D eigenvalue weighted by molar-refractivity contribution is -0.126. The SMILES string of the molecule is COc1cc(OC)c(C=NNC(=O)CC(=O)Nc2ccccc2C)cc1Br. The summed E-state index contributed by atoms with van der Waals surface area (Å²) in [6.45, 7) is 1.88. The number of nitrogens with one attached hydrogen (secondary N) is 2. The highest BCUT2D eigenvalue weighted by atomic mass is 79.9. The number of anilines is 1. The maximum Gasteiger partial charge on any atom is 0.249 e. The van der Waals surface area contributed by atoms with Gasteiger partial charge in [-0.1, -0.05) is 18.2 Å². The fourth-order valence-corrected chi connectivity index (χ4v) is 2.77. The highest BCUT2D eigenvalue weighted by Gasteiger charge is 2.11. The van der Waals surface area contributed by atoms with E-state index in [1.165, 1.54) is 13.3 Å².